The van der Waals surface area contributed by atoms with E-state index in [1.807, 2.05) is 0 Å². The van der Waals surface area contributed by atoms with Crippen LogP contribution in [0.3, 0.4) is 0 Å². The van der Waals surface area contributed by atoms with Crippen molar-refractivity contribution >= 4 is 0 Å². The number of hydrogen-bond acceptors (Lipinski definition) is 1. The molecule has 0 aliphatic rings. The van der Waals surface area contributed by atoms with Gasteiger partial charge in [0.15, 0.2) is 0 Å². The van der Waals surface area contributed by atoms with Crippen molar-refractivity contribution in [2.45, 2.75) is 20.3 Å². The Bertz CT molecular complexity index is 92.7. The van der Waals surface area contributed by atoms with Crippen molar-refractivity contribution in [2.24, 2.45) is 0 Å². The Balaban J connectivity index is 3.28. The highest BCUT2D eigenvalue weighted by Gasteiger charge is 1.89. The van der Waals surface area contributed by atoms with Gasteiger partial charge in [0, 0.05) is 6.54 Å². The lowest BCUT2D eigenvalue weighted by Crippen LogP contribution is -2.12. The molecule has 9 heavy (non-hydrogen) atoms. The molecule has 0 spiro atoms. The third kappa shape index (κ3) is 5.57. The second-order valence-corrected chi connectivity index (χ2v) is 2.69. The van der Waals surface area contributed by atoms with E-state index in [2.05, 4.69) is 38.9 Å². The number of nitrogens with zero attached hydrogens (tertiary/aromatic N) is 1. The van der Waals surface area contributed by atoms with Crippen LogP contribution in [0.1, 0.15) is 20.3 Å². The molecule has 0 aromatic carbocycles. The van der Waals surface area contributed by atoms with Crippen LogP contribution in [0.4, 0.5) is 0 Å². The Morgan fingerprint density at radius 1 is 1.44 bits per heavy atom. The van der Waals surface area contributed by atoms with E-state index in [-0.39, 0.29) is 0 Å². The monoisotopic (exact) mass is 127 g/mol. The highest BCUT2D eigenvalue weighted by Crippen LogP contribution is 1.98. The third-order valence-corrected chi connectivity index (χ3v) is 1.45. The molecule has 0 amide bonds. The Kier molecular flexibility index (Phi) is 4.41. The average Bonchev–Trinajstić information content (AvgIpc) is 1.83. The molecule has 0 aliphatic carbocycles. The Labute approximate surface area is 58.4 Å². The van der Waals surface area contributed by atoms with Crippen molar-refractivity contribution in [2.75, 3.05) is 20.6 Å². The molecule has 0 aliphatic heterocycles. The van der Waals surface area contributed by atoms with Gasteiger partial charge in [-0.3, -0.25) is 0 Å². The van der Waals surface area contributed by atoms with Gasteiger partial charge in [-0.05, 0) is 34.4 Å². The first kappa shape index (κ1) is 8.70. The molecule has 0 fully saturated rings. The van der Waals surface area contributed by atoms with Crippen molar-refractivity contribution < 1.29 is 0 Å². The summed E-state index contributed by atoms with van der Waals surface area (Å²) in [6.45, 7) is 5.42. The highest BCUT2D eigenvalue weighted by atomic mass is 15.0. The lowest BCUT2D eigenvalue weighted by atomic mass is 10.2. The van der Waals surface area contributed by atoms with Crippen molar-refractivity contribution in [1.82, 2.24) is 4.90 Å². The van der Waals surface area contributed by atoms with Gasteiger partial charge in [0.05, 0.1) is 0 Å². The van der Waals surface area contributed by atoms with Crippen LogP contribution in [0, 0.1) is 0 Å². The van der Waals surface area contributed by atoms with Crippen molar-refractivity contribution in [3.8, 4) is 0 Å². The Morgan fingerprint density at radius 3 is 2.33 bits per heavy atom. The first-order valence-corrected chi connectivity index (χ1v) is 3.43. The summed E-state index contributed by atoms with van der Waals surface area (Å²) in [5, 5.41) is 0. The fourth-order valence-corrected chi connectivity index (χ4v) is 0.544. The Morgan fingerprint density at radius 2 is 2.00 bits per heavy atom. The number of allylic oxidation sites excluding steroid dienone is 1. The average molecular weight is 127 g/mol. The van der Waals surface area contributed by atoms with Gasteiger partial charge >= 0.3 is 0 Å². The first-order chi connectivity index (χ1) is 4.16. The number of rotatable bonds is 3. The summed E-state index contributed by atoms with van der Waals surface area (Å²) in [5.74, 6) is 0. The zero-order valence-electron chi connectivity index (χ0n) is 6.94. The van der Waals surface area contributed by atoms with Gasteiger partial charge in [-0.1, -0.05) is 11.6 Å². The van der Waals surface area contributed by atoms with Crippen LogP contribution in [0.2, 0.25) is 0 Å². The van der Waals surface area contributed by atoms with Crippen molar-refractivity contribution in [3.05, 3.63) is 11.6 Å². The molecular formula is C8H17N. The number of hydrogen-bond donors (Lipinski definition) is 0. The normalized spacial score (nSPS) is 12.8. The predicted molar refractivity (Wildman–Crippen MR) is 42.6 cm³/mol. The molecule has 0 N–H and O–H groups in total. The van der Waals surface area contributed by atoms with Crippen LogP contribution in [0.25, 0.3) is 0 Å². The Hall–Kier alpha value is -0.300. The molecular weight excluding hydrogens is 110 g/mol. The predicted octanol–water partition coefficient (Wildman–Crippen LogP) is 1.90. The van der Waals surface area contributed by atoms with E-state index in [0.717, 1.165) is 6.54 Å². The van der Waals surface area contributed by atoms with Crippen LogP contribution in [0.5, 0.6) is 0 Å². The van der Waals surface area contributed by atoms with Crippen LogP contribution < -0.4 is 0 Å². The van der Waals surface area contributed by atoms with Gasteiger partial charge in [-0.25, -0.2) is 0 Å². The van der Waals surface area contributed by atoms with E-state index in [1.165, 1.54) is 12.0 Å². The quantitative estimate of drug-likeness (QED) is 0.523. The van der Waals surface area contributed by atoms with Gasteiger partial charge < -0.3 is 4.90 Å². The van der Waals surface area contributed by atoms with Crippen molar-refractivity contribution in [3.63, 3.8) is 0 Å². The standard InChI is InChI=1S/C8H17N/c1-5-8(2)6-7-9(3)4/h5H,6-7H2,1-4H3/b8-5-. The van der Waals surface area contributed by atoms with Gasteiger partial charge in [0.25, 0.3) is 0 Å². The maximum absolute atomic E-state index is 2.20. The zero-order chi connectivity index (χ0) is 7.28. The SMILES string of the molecule is C/C=C(/C)CCN(C)C. The minimum Gasteiger partial charge on any atom is -0.309 e. The van der Waals surface area contributed by atoms with E-state index in [4.69, 9.17) is 0 Å². The summed E-state index contributed by atoms with van der Waals surface area (Å²) < 4.78 is 0. The van der Waals surface area contributed by atoms with Gasteiger partial charge in [-0.15, -0.1) is 0 Å². The minimum absolute atomic E-state index is 1.16. The molecule has 0 atom stereocenters. The second kappa shape index (κ2) is 4.57. The van der Waals surface area contributed by atoms with Crippen LogP contribution >= 0.6 is 0 Å². The van der Waals surface area contributed by atoms with E-state index < -0.39 is 0 Å². The summed E-state index contributed by atoms with van der Waals surface area (Å²) in [6, 6.07) is 0. The van der Waals surface area contributed by atoms with Crippen LogP contribution in [0.15, 0.2) is 11.6 Å². The van der Waals surface area contributed by atoms with E-state index in [1.54, 1.807) is 0 Å². The smallest absolute Gasteiger partial charge is 0.00124 e. The summed E-state index contributed by atoms with van der Waals surface area (Å²) in [4.78, 5) is 2.20. The van der Waals surface area contributed by atoms with Crippen LogP contribution in [-0.4, -0.2) is 25.5 Å². The molecule has 54 valence electrons. The van der Waals surface area contributed by atoms with Gasteiger partial charge in [0.2, 0.25) is 0 Å². The minimum atomic E-state index is 1.16. The molecule has 0 radical (unpaired) electrons. The maximum atomic E-state index is 2.20. The molecule has 0 saturated carbocycles. The molecule has 0 heterocycles. The fourth-order valence-electron chi connectivity index (χ4n) is 0.544. The lowest BCUT2D eigenvalue weighted by molar-refractivity contribution is 0.413. The third-order valence-electron chi connectivity index (χ3n) is 1.45. The lowest BCUT2D eigenvalue weighted by Gasteiger charge is -2.08. The van der Waals surface area contributed by atoms with Crippen molar-refractivity contribution in [1.29, 1.82) is 0 Å². The second-order valence-electron chi connectivity index (χ2n) is 2.69. The molecule has 0 rings (SSSR count). The highest BCUT2D eigenvalue weighted by molar-refractivity contribution is 4.95. The summed E-state index contributed by atoms with van der Waals surface area (Å²) in [7, 11) is 4.20. The zero-order valence-corrected chi connectivity index (χ0v) is 6.94. The molecule has 0 saturated heterocycles. The molecule has 0 unspecified atom stereocenters. The summed E-state index contributed by atoms with van der Waals surface area (Å²) in [5.41, 5.74) is 1.48. The summed E-state index contributed by atoms with van der Waals surface area (Å²) >= 11 is 0. The molecule has 1 nitrogen and oxygen atoms in total. The topological polar surface area (TPSA) is 3.24 Å². The largest absolute Gasteiger partial charge is 0.309 e. The summed E-state index contributed by atoms with van der Waals surface area (Å²) in [6.07, 6.45) is 3.37. The van der Waals surface area contributed by atoms with Gasteiger partial charge in [0.1, 0.15) is 0 Å². The molecule has 0 aromatic rings. The molecule has 0 aromatic heterocycles. The first-order valence-electron chi connectivity index (χ1n) is 3.43. The van der Waals surface area contributed by atoms with E-state index in [0.29, 0.717) is 0 Å². The van der Waals surface area contributed by atoms with Crippen LogP contribution in [-0.2, 0) is 0 Å². The fraction of sp³-hybridized carbons (Fsp3) is 0.750. The molecule has 1 heteroatoms. The van der Waals surface area contributed by atoms with E-state index in [9.17, 15) is 0 Å². The molecule has 0 bridgehead atoms. The maximum Gasteiger partial charge on any atom is 0.00124 e. The van der Waals surface area contributed by atoms with E-state index >= 15 is 0 Å². The van der Waals surface area contributed by atoms with Gasteiger partial charge in [-0.2, -0.15) is 0 Å².